The van der Waals surface area contributed by atoms with Crippen molar-refractivity contribution in [1.29, 1.82) is 0 Å². The van der Waals surface area contributed by atoms with Crippen LogP contribution in [0.15, 0.2) is 36.4 Å². The van der Waals surface area contributed by atoms with E-state index in [2.05, 4.69) is 6.92 Å². The number of benzene rings is 2. The first-order valence-electron chi connectivity index (χ1n) is 12.8. The molecule has 0 aliphatic heterocycles. The number of rotatable bonds is 7. The minimum atomic E-state index is -0.469. The Kier molecular flexibility index (Phi) is 8.27. The molecule has 2 aliphatic rings. The summed E-state index contributed by atoms with van der Waals surface area (Å²) in [5.41, 5.74) is 1.40. The van der Waals surface area contributed by atoms with Crippen molar-refractivity contribution in [3.63, 3.8) is 0 Å². The summed E-state index contributed by atoms with van der Waals surface area (Å²) in [4.78, 5) is 0. The molecule has 0 heterocycles. The molecule has 2 aromatic carbocycles. The molecular weight excluding hydrogens is 422 g/mol. The average Bonchev–Trinajstić information content (AvgIpc) is 2.80. The van der Waals surface area contributed by atoms with Crippen LogP contribution in [0.1, 0.15) is 95.5 Å². The first-order chi connectivity index (χ1) is 15.5. The Labute approximate surface area is 197 Å². The van der Waals surface area contributed by atoms with Gasteiger partial charge >= 0.3 is 0 Å². The second kappa shape index (κ2) is 11.1. The fourth-order valence-electron chi connectivity index (χ4n) is 6.19. The van der Waals surface area contributed by atoms with Crippen molar-refractivity contribution in [3.8, 4) is 11.1 Å². The van der Waals surface area contributed by atoms with Gasteiger partial charge in [0.1, 0.15) is 11.6 Å². The summed E-state index contributed by atoms with van der Waals surface area (Å²) in [6, 6.07) is 9.80. The summed E-state index contributed by atoms with van der Waals surface area (Å²) in [6.07, 6.45) is 15.7. The summed E-state index contributed by atoms with van der Waals surface area (Å²) >= 11 is 5.91. The standard InChI is InChI=1S/C29H37ClF2/c1-2-3-20-4-6-21(7-5-20)8-9-22-10-12-23(13-11-22)25-18-27(31)29(28(32)19-25)24-14-16-26(30)17-15-24/h14-23H,2-13H2,1H3/t20-,21-,22?,23?. The van der Waals surface area contributed by atoms with Gasteiger partial charge in [-0.25, -0.2) is 8.78 Å². The zero-order chi connectivity index (χ0) is 22.5. The van der Waals surface area contributed by atoms with Crippen LogP contribution < -0.4 is 0 Å². The maximum Gasteiger partial charge on any atom is 0.134 e. The van der Waals surface area contributed by atoms with Crippen molar-refractivity contribution in [1.82, 2.24) is 0 Å². The Hall–Kier alpha value is -1.41. The molecule has 2 aliphatic carbocycles. The number of halogens is 3. The highest BCUT2D eigenvalue weighted by Gasteiger charge is 2.26. The van der Waals surface area contributed by atoms with Crippen LogP contribution >= 0.6 is 11.6 Å². The molecule has 0 nitrogen and oxygen atoms in total. The van der Waals surface area contributed by atoms with E-state index in [-0.39, 0.29) is 11.5 Å². The highest BCUT2D eigenvalue weighted by molar-refractivity contribution is 6.30. The SMILES string of the molecule is CCC[C@H]1CC[C@H](CCC2CCC(c3cc(F)c(-c4ccc(Cl)cc4)c(F)c3)CC2)CC1. The Morgan fingerprint density at radius 2 is 1.19 bits per heavy atom. The summed E-state index contributed by atoms with van der Waals surface area (Å²) in [7, 11) is 0. The van der Waals surface area contributed by atoms with E-state index in [1.165, 1.54) is 64.2 Å². The summed E-state index contributed by atoms with van der Waals surface area (Å²) in [6.45, 7) is 2.30. The number of hydrogen-bond donors (Lipinski definition) is 0. The van der Waals surface area contributed by atoms with Crippen molar-refractivity contribution >= 4 is 11.6 Å². The highest BCUT2D eigenvalue weighted by Crippen LogP contribution is 2.41. The molecule has 0 unspecified atom stereocenters. The van der Waals surface area contributed by atoms with Gasteiger partial charge in [0, 0.05) is 5.02 Å². The van der Waals surface area contributed by atoms with E-state index in [1.807, 2.05) is 0 Å². The predicted octanol–water partition coefficient (Wildman–Crippen LogP) is 9.95. The minimum Gasteiger partial charge on any atom is -0.206 e. The molecule has 2 aromatic rings. The topological polar surface area (TPSA) is 0 Å². The molecule has 32 heavy (non-hydrogen) atoms. The summed E-state index contributed by atoms with van der Waals surface area (Å²) in [5.74, 6) is 2.05. The molecule has 3 heteroatoms. The smallest absolute Gasteiger partial charge is 0.134 e. The number of hydrogen-bond acceptors (Lipinski definition) is 0. The van der Waals surface area contributed by atoms with Gasteiger partial charge in [-0.3, -0.25) is 0 Å². The van der Waals surface area contributed by atoms with Crippen LogP contribution in [0.25, 0.3) is 11.1 Å². The lowest BCUT2D eigenvalue weighted by Gasteiger charge is -2.32. The maximum atomic E-state index is 14.9. The van der Waals surface area contributed by atoms with E-state index >= 15 is 0 Å². The van der Waals surface area contributed by atoms with Gasteiger partial charge in [0.25, 0.3) is 0 Å². The van der Waals surface area contributed by atoms with Crippen LogP contribution in [0.2, 0.25) is 5.02 Å². The molecule has 174 valence electrons. The second-order valence-corrected chi connectivity index (χ2v) is 10.8. The Morgan fingerprint density at radius 3 is 1.69 bits per heavy atom. The van der Waals surface area contributed by atoms with Crippen LogP contribution in [0, 0.1) is 29.4 Å². The van der Waals surface area contributed by atoms with Crippen molar-refractivity contribution in [2.75, 3.05) is 0 Å². The lowest BCUT2D eigenvalue weighted by atomic mass is 9.74. The van der Waals surface area contributed by atoms with E-state index in [4.69, 9.17) is 11.6 Å². The van der Waals surface area contributed by atoms with E-state index in [0.717, 1.165) is 36.2 Å². The van der Waals surface area contributed by atoms with Crippen LogP contribution in [0.5, 0.6) is 0 Å². The normalized spacial score (nSPS) is 26.2. The lowest BCUT2D eigenvalue weighted by molar-refractivity contribution is 0.224. The van der Waals surface area contributed by atoms with Gasteiger partial charge < -0.3 is 0 Å². The van der Waals surface area contributed by atoms with E-state index in [1.54, 1.807) is 36.4 Å². The van der Waals surface area contributed by atoms with Gasteiger partial charge in [-0.2, -0.15) is 0 Å². The molecule has 0 saturated heterocycles. The van der Waals surface area contributed by atoms with Crippen LogP contribution in [-0.2, 0) is 0 Å². The molecule has 0 atom stereocenters. The van der Waals surface area contributed by atoms with Gasteiger partial charge in [0.2, 0.25) is 0 Å². The third-order valence-electron chi connectivity index (χ3n) is 8.16. The van der Waals surface area contributed by atoms with E-state index in [9.17, 15) is 8.78 Å². The Morgan fingerprint density at radius 1 is 0.719 bits per heavy atom. The van der Waals surface area contributed by atoms with Gasteiger partial charge in [-0.15, -0.1) is 0 Å². The Bertz CT molecular complexity index is 836. The average molecular weight is 459 g/mol. The van der Waals surface area contributed by atoms with Gasteiger partial charge in [-0.1, -0.05) is 82.0 Å². The third-order valence-corrected chi connectivity index (χ3v) is 8.41. The van der Waals surface area contributed by atoms with Crippen LogP contribution in [0.3, 0.4) is 0 Å². The summed E-state index contributed by atoms with van der Waals surface area (Å²) in [5, 5.41) is 0.562. The zero-order valence-electron chi connectivity index (χ0n) is 19.4. The highest BCUT2D eigenvalue weighted by atomic mass is 35.5. The monoisotopic (exact) mass is 458 g/mol. The molecule has 0 amide bonds. The van der Waals surface area contributed by atoms with Crippen molar-refractivity contribution in [2.45, 2.75) is 89.9 Å². The van der Waals surface area contributed by atoms with Crippen molar-refractivity contribution in [3.05, 3.63) is 58.6 Å². The fraction of sp³-hybridized carbons (Fsp3) is 0.586. The Balaban J connectivity index is 1.28. The largest absolute Gasteiger partial charge is 0.206 e. The molecule has 2 fully saturated rings. The maximum absolute atomic E-state index is 14.9. The third kappa shape index (κ3) is 5.93. The molecule has 0 aromatic heterocycles. The first kappa shape index (κ1) is 23.7. The lowest BCUT2D eigenvalue weighted by Crippen LogP contribution is -2.18. The van der Waals surface area contributed by atoms with Gasteiger partial charge in [0.15, 0.2) is 0 Å². The molecule has 4 rings (SSSR count). The predicted molar refractivity (Wildman–Crippen MR) is 131 cm³/mol. The molecular formula is C29H37ClF2. The summed E-state index contributed by atoms with van der Waals surface area (Å²) < 4.78 is 29.7. The molecule has 0 N–H and O–H groups in total. The second-order valence-electron chi connectivity index (χ2n) is 10.3. The fourth-order valence-corrected chi connectivity index (χ4v) is 6.32. The van der Waals surface area contributed by atoms with E-state index in [0.29, 0.717) is 10.6 Å². The quantitative estimate of drug-likeness (QED) is 0.387. The van der Waals surface area contributed by atoms with Crippen molar-refractivity contribution in [2.24, 2.45) is 17.8 Å². The first-order valence-corrected chi connectivity index (χ1v) is 13.2. The molecule has 0 bridgehead atoms. The molecule has 2 saturated carbocycles. The van der Waals surface area contributed by atoms with Crippen molar-refractivity contribution < 1.29 is 8.78 Å². The molecule has 0 spiro atoms. The van der Waals surface area contributed by atoms with Crippen LogP contribution in [0.4, 0.5) is 8.78 Å². The van der Waals surface area contributed by atoms with E-state index < -0.39 is 11.6 Å². The zero-order valence-corrected chi connectivity index (χ0v) is 20.1. The minimum absolute atomic E-state index is 0.0489. The van der Waals surface area contributed by atoms with Gasteiger partial charge in [-0.05, 0) is 84.7 Å². The van der Waals surface area contributed by atoms with Gasteiger partial charge in [0.05, 0.1) is 5.56 Å². The molecule has 0 radical (unpaired) electrons. The van der Waals surface area contributed by atoms with Crippen LogP contribution in [-0.4, -0.2) is 0 Å².